The van der Waals surface area contributed by atoms with Gasteiger partial charge in [-0.3, -0.25) is 0 Å². The number of hydrogen-bond donors (Lipinski definition) is 0. The van der Waals surface area contributed by atoms with Crippen LogP contribution in [0, 0.1) is 0 Å². The fourth-order valence-electron chi connectivity index (χ4n) is 1.84. The maximum atomic E-state index is 6.11. The summed E-state index contributed by atoms with van der Waals surface area (Å²) in [6.45, 7) is 1.09. The van der Waals surface area contributed by atoms with E-state index in [0.717, 1.165) is 12.2 Å². The molecule has 1 aliphatic rings. The molecule has 3 nitrogen and oxygen atoms in total. The Balaban J connectivity index is 1.85. The molecule has 3 unspecified atom stereocenters. The molecule has 5 heteroatoms. The second-order valence-electron chi connectivity index (χ2n) is 4.19. The number of halogens is 2. The molecule has 0 aromatic heterocycles. The minimum atomic E-state index is -0.0826. The van der Waals surface area contributed by atoms with Crippen LogP contribution in [0.25, 0.3) is 0 Å². The molecular formula is C13H16Cl2O3. The van der Waals surface area contributed by atoms with E-state index in [0.29, 0.717) is 18.2 Å². The van der Waals surface area contributed by atoms with Crippen molar-refractivity contribution in [3.8, 4) is 5.75 Å². The van der Waals surface area contributed by atoms with Gasteiger partial charge in [-0.25, -0.2) is 0 Å². The molecule has 3 atom stereocenters. The molecule has 1 aliphatic carbocycles. The largest absolute Gasteiger partial charge is 0.488 e. The highest BCUT2D eigenvalue weighted by Gasteiger charge is 2.42. The van der Waals surface area contributed by atoms with Crippen LogP contribution in [-0.2, 0) is 9.47 Å². The average molecular weight is 291 g/mol. The molecule has 1 aromatic carbocycles. The molecule has 0 N–H and O–H groups in total. The zero-order chi connectivity index (χ0) is 13.0. The van der Waals surface area contributed by atoms with Crippen molar-refractivity contribution >= 4 is 23.2 Å². The highest BCUT2D eigenvalue weighted by molar-refractivity contribution is 6.30. The van der Waals surface area contributed by atoms with Crippen molar-refractivity contribution in [2.45, 2.75) is 24.0 Å². The summed E-state index contributed by atoms with van der Waals surface area (Å²) in [6, 6.07) is 7.33. The summed E-state index contributed by atoms with van der Waals surface area (Å²) in [5, 5.41) is 0.664. The quantitative estimate of drug-likeness (QED) is 0.595. The third-order valence-corrected chi connectivity index (χ3v) is 3.52. The molecule has 1 fully saturated rings. The van der Waals surface area contributed by atoms with Gasteiger partial charge >= 0.3 is 0 Å². The Morgan fingerprint density at radius 1 is 1.33 bits per heavy atom. The molecule has 1 saturated carbocycles. The van der Waals surface area contributed by atoms with Gasteiger partial charge in [-0.05, 0) is 18.2 Å². The van der Waals surface area contributed by atoms with Gasteiger partial charge in [0.05, 0.1) is 18.6 Å². The molecule has 0 spiro atoms. The Morgan fingerprint density at radius 2 is 2.17 bits per heavy atom. The highest BCUT2D eigenvalue weighted by Crippen LogP contribution is 2.33. The number of benzene rings is 1. The van der Waals surface area contributed by atoms with Crippen molar-refractivity contribution in [2.24, 2.45) is 0 Å². The lowest BCUT2D eigenvalue weighted by molar-refractivity contribution is -0.0898. The van der Waals surface area contributed by atoms with E-state index >= 15 is 0 Å². The summed E-state index contributed by atoms with van der Waals surface area (Å²) in [6.07, 6.45) is 0.690. The van der Waals surface area contributed by atoms with Gasteiger partial charge in [0.2, 0.25) is 0 Å². The van der Waals surface area contributed by atoms with E-state index in [9.17, 15) is 0 Å². The first-order chi connectivity index (χ1) is 8.70. The minimum Gasteiger partial charge on any atom is -0.488 e. The first-order valence-corrected chi connectivity index (χ1v) is 6.69. The molecule has 0 radical (unpaired) electrons. The van der Waals surface area contributed by atoms with Gasteiger partial charge in [-0.2, -0.15) is 0 Å². The van der Waals surface area contributed by atoms with Crippen LogP contribution in [-0.4, -0.2) is 37.9 Å². The van der Waals surface area contributed by atoms with Crippen LogP contribution < -0.4 is 4.74 Å². The van der Waals surface area contributed by atoms with Crippen LogP contribution in [0.2, 0.25) is 5.02 Å². The maximum absolute atomic E-state index is 6.11. The van der Waals surface area contributed by atoms with Gasteiger partial charge < -0.3 is 14.2 Å². The third-order valence-electron chi connectivity index (χ3n) is 2.86. The Kier molecular flexibility index (Phi) is 5.13. The molecule has 0 bridgehead atoms. The lowest BCUT2D eigenvalue weighted by Crippen LogP contribution is -2.53. The number of ether oxygens (including phenoxy) is 3. The van der Waals surface area contributed by atoms with Crippen LogP contribution in [0.15, 0.2) is 24.3 Å². The predicted octanol–water partition coefficient (Wildman–Crippen LogP) is 3.13. The first kappa shape index (κ1) is 13.9. The van der Waals surface area contributed by atoms with E-state index in [1.165, 1.54) is 0 Å². The van der Waals surface area contributed by atoms with Crippen molar-refractivity contribution in [3.63, 3.8) is 0 Å². The topological polar surface area (TPSA) is 27.7 Å². The Bertz CT molecular complexity index is 386. The normalized spacial score (nSPS) is 26.7. The lowest BCUT2D eigenvalue weighted by Gasteiger charge is -2.40. The number of hydrogen-bond acceptors (Lipinski definition) is 3. The van der Waals surface area contributed by atoms with E-state index in [1.54, 1.807) is 13.2 Å². The van der Waals surface area contributed by atoms with Crippen LogP contribution in [0.4, 0.5) is 0 Å². The molecule has 0 amide bonds. The highest BCUT2D eigenvalue weighted by atomic mass is 35.5. The van der Waals surface area contributed by atoms with Gasteiger partial charge in [-0.1, -0.05) is 17.7 Å². The van der Waals surface area contributed by atoms with Crippen molar-refractivity contribution in [2.75, 3.05) is 20.3 Å². The monoisotopic (exact) mass is 290 g/mol. The van der Waals surface area contributed by atoms with E-state index in [1.807, 2.05) is 18.2 Å². The fraction of sp³-hybridized carbons (Fsp3) is 0.538. The van der Waals surface area contributed by atoms with Gasteiger partial charge in [0, 0.05) is 18.6 Å². The van der Waals surface area contributed by atoms with E-state index < -0.39 is 0 Å². The molecule has 0 aliphatic heterocycles. The summed E-state index contributed by atoms with van der Waals surface area (Å²) >= 11 is 12.0. The zero-order valence-corrected chi connectivity index (χ0v) is 11.7. The molecule has 100 valence electrons. The number of methoxy groups -OCH3 is 1. The minimum absolute atomic E-state index is 0.00559. The second-order valence-corrected chi connectivity index (χ2v) is 5.19. The van der Waals surface area contributed by atoms with Crippen molar-refractivity contribution in [1.82, 2.24) is 0 Å². The van der Waals surface area contributed by atoms with Crippen molar-refractivity contribution < 1.29 is 14.2 Å². The van der Waals surface area contributed by atoms with Crippen LogP contribution in [0.3, 0.4) is 0 Å². The Labute approximate surface area is 117 Å². The van der Waals surface area contributed by atoms with Crippen molar-refractivity contribution in [1.29, 1.82) is 0 Å². The van der Waals surface area contributed by atoms with E-state index in [4.69, 9.17) is 37.4 Å². The molecule has 0 heterocycles. The van der Waals surface area contributed by atoms with E-state index in [2.05, 4.69) is 0 Å². The Morgan fingerprint density at radius 3 is 2.83 bits per heavy atom. The lowest BCUT2D eigenvalue weighted by atomic mass is 9.91. The Hall–Kier alpha value is -0.480. The standard InChI is InChI=1S/C13H16Cl2O3/c1-16-5-6-17-13-11(15)8-12(13)18-10-4-2-3-9(14)7-10/h2-4,7,11-13H,5-6,8H2,1H3. The first-order valence-electron chi connectivity index (χ1n) is 5.87. The fourth-order valence-corrected chi connectivity index (χ4v) is 2.43. The van der Waals surface area contributed by atoms with Crippen LogP contribution in [0.5, 0.6) is 5.75 Å². The summed E-state index contributed by atoms with van der Waals surface area (Å²) in [5.74, 6) is 0.747. The molecule has 2 rings (SSSR count). The molecule has 18 heavy (non-hydrogen) atoms. The summed E-state index contributed by atoms with van der Waals surface area (Å²) < 4.78 is 16.4. The molecule has 0 saturated heterocycles. The van der Waals surface area contributed by atoms with Gasteiger partial charge in [0.25, 0.3) is 0 Å². The SMILES string of the molecule is COCCOC1C(Cl)CC1Oc1cccc(Cl)c1. The van der Waals surface area contributed by atoms with Crippen molar-refractivity contribution in [3.05, 3.63) is 29.3 Å². The zero-order valence-electron chi connectivity index (χ0n) is 10.1. The average Bonchev–Trinajstić information content (AvgIpc) is 2.34. The summed E-state index contributed by atoms with van der Waals surface area (Å²) in [5.41, 5.74) is 0. The molecule has 1 aromatic rings. The van der Waals surface area contributed by atoms with Crippen LogP contribution >= 0.6 is 23.2 Å². The summed E-state index contributed by atoms with van der Waals surface area (Å²) in [7, 11) is 1.64. The van der Waals surface area contributed by atoms with Crippen LogP contribution in [0.1, 0.15) is 6.42 Å². The maximum Gasteiger partial charge on any atom is 0.128 e. The number of rotatable bonds is 6. The van der Waals surface area contributed by atoms with Gasteiger partial charge in [-0.15, -0.1) is 11.6 Å². The van der Waals surface area contributed by atoms with Gasteiger partial charge in [0.15, 0.2) is 0 Å². The summed E-state index contributed by atoms with van der Waals surface area (Å²) in [4.78, 5) is 0. The molecular weight excluding hydrogens is 275 g/mol. The third kappa shape index (κ3) is 3.51. The second kappa shape index (κ2) is 6.62. The van der Waals surface area contributed by atoms with Gasteiger partial charge in [0.1, 0.15) is 18.0 Å². The number of alkyl halides is 1. The predicted molar refractivity (Wildman–Crippen MR) is 71.7 cm³/mol. The smallest absolute Gasteiger partial charge is 0.128 e. The van der Waals surface area contributed by atoms with E-state index in [-0.39, 0.29) is 17.6 Å².